The van der Waals surface area contributed by atoms with Crippen molar-refractivity contribution in [3.8, 4) is 5.75 Å². The van der Waals surface area contributed by atoms with Gasteiger partial charge in [-0.1, -0.05) is 12.1 Å². The number of halogens is 1. The highest BCUT2D eigenvalue weighted by Gasteiger charge is 2.41. The molecule has 4 heteroatoms. The highest BCUT2D eigenvalue weighted by molar-refractivity contribution is 6.21. The van der Waals surface area contributed by atoms with Crippen LogP contribution in [0.4, 0.5) is 0 Å². The maximum Gasteiger partial charge on any atom is 0.118 e. The van der Waals surface area contributed by atoms with E-state index in [-0.39, 0.29) is 17.6 Å². The molecule has 1 aromatic rings. The van der Waals surface area contributed by atoms with Gasteiger partial charge in [-0.15, -0.1) is 11.6 Å². The highest BCUT2D eigenvalue weighted by atomic mass is 35.5. The first-order valence-corrected chi connectivity index (χ1v) is 6.68. The van der Waals surface area contributed by atoms with Crippen LogP contribution in [0.1, 0.15) is 18.9 Å². The van der Waals surface area contributed by atoms with Gasteiger partial charge in [-0.25, -0.2) is 0 Å². The summed E-state index contributed by atoms with van der Waals surface area (Å²) >= 11 is 6.09. The third-order valence-electron chi connectivity index (χ3n) is 3.16. The molecule has 0 heterocycles. The van der Waals surface area contributed by atoms with Gasteiger partial charge < -0.3 is 14.2 Å². The van der Waals surface area contributed by atoms with Crippen LogP contribution in [0.5, 0.6) is 5.75 Å². The molecule has 0 N–H and O–H groups in total. The fourth-order valence-electron chi connectivity index (χ4n) is 2.02. The Hall–Kier alpha value is -0.770. The zero-order chi connectivity index (χ0) is 13.0. The number of rotatable bonds is 6. The molecule has 0 spiro atoms. The lowest BCUT2D eigenvalue weighted by molar-refractivity contribution is -0.127. The smallest absolute Gasteiger partial charge is 0.118 e. The van der Waals surface area contributed by atoms with Gasteiger partial charge in [0.25, 0.3) is 0 Å². The SMILES string of the molecule is CCOC1C(Cl)CC1OCc1ccc(OC)cc1. The van der Waals surface area contributed by atoms with Gasteiger partial charge in [0.2, 0.25) is 0 Å². The first-order valence-electron chi connectivity index (χ1n) is 6.24. The molecule has 0 aliphatic heterocycles. The van der Waals surface area contributed by atoms with Gasteiger partial charge in [0, 0.05) is 6.61 Å². The number of alkyl halides is 1. The van der Waals surface area contributed by atoms with Crippen molar-refractivity contribution in [1.82, 2.24) is 0 Å². The van der Waals surface area contributed by atoms with Crippen LogP contribution in [0, 0.1) is 0 Å². The molecule has 3 nitrogen and oxygen atoms in total. The molecule has 3 unspecified atom stereocenters. The number of hydrogen-bond donors (Lipinski definition) is 0. The first kappa shape index (κ1) is 13.7. The molecule has 2 rings (SSSR count). The van der Waals surface area contributed by atoms with Crippen LogP contribution >= 0.6 is 11.6 Å². The topological polar surface area (TPSA) is 27.7 Å². The van der Waals surface area contributed by atoms with Crippen molar-refractivity contribution in [1.29, 1.82) is 0 Å². The van der Waals surface area contributed by atoms with E-state index < -0.39 is 0 Å². The van der Waals surface area contributed by atoms with Crippen LogP contribution in [0.3, 0.4) is 0 Å². The van der Waals surface area contributed by atoms with Crippen molar-refractivity contribution in [3.63, 3.8) is 0 Å². The minimum Gasteiger partial charge on any atom is -0.497 e. The summed E-state index contributed by atoms with van der Waals surface area (Å²) in [6, 6.07) is 7.88. The third kappa shape index (κ3) is 3.16. The minimum atomic E-state index is 0.0370. The van der Waals surface area contributed by atoms with E-state index in [0.29, 0.717) is 13.2 Å². The highest BCUT2D eigenvalue weighted by Crippen LogP contribution is 2.32. The third-order valence-corrected chi connectivity index (χ3v) is 3.59. The zero-order valence-corrected chi connectivity index (χ0v) is 11.5. The van der Waals surface area contributed by atoms with Crippen molar-refractivity contribution in [3.05, 3.63) is 29.8 Å². The molecule has 3 atom stereocenters. The molecule has 0 saturated heterocycles. The van der Waals surface area contributed by atoms with Gasteiger partial charge in [-0.2, -0.15) is 0 Å². The van der Waals surface area contributed by atoms with Crippen LogP contribution in [0.2, 0.25) is 0 Å². The Labute approximate surface area is 113 Å². The average Bonchev–Trinajstić information content (AvgIpc) is 2.41. The van der Waals surface area contributed by atoms with Crippen molar-refractivity contribution >= 4 is 11.6 Å². The van der Waals surface area contributed by atoms with Crippen molar-refractivity contribution in [2.75, 3.05) is 13.7 Å². The Kier molecular flexibility index (Phi) is 4.87. The summed E-state index contributed by atoms with van der Waals surface area (Å²) < 4.78 is 16.5. The molecule has 100 valence electrons. The lowest BCUT2D eigenvalue weighted by Crippen LogP contribution is -2.50. The van der Waals surface area contributed by atoms with E-state index in [1.807, 2.05) is 31.2 Å². The summed E-state index contributed by atoms with van der Waals surface area (Å²) in [6.45, 7) is 3.24. The second kappa shape index (κ2) is 6.41. The van der Waals surface area contributed by atoms with E-state index in [0.717, 1.165) is 17.7 Å². The average molecular weight is 271 g/mol. The molecule has 1 aliphatic carbocycles. The predicted octanol–water partition coefficient (Wildman–Crippen LogP) is 3.00. The van der Waals surface area contributed by atoms with E-state index in [1.165, 1.54) is 0 Å². The van der Waals surface area contributed by atoms with Gasteiger partial charge in [0.15, 0.2) is 0 Å². The molecule has 0 bridgehead atoms. The maximum atomic E-state index is 6.09. The number of benzene rings is 1. The van der Waals surface area contributed by atoms with Crippen LogP contribution in [0.15, 0.2) is 24.3 Å². The van der Waals surface area contributed by atoms with E-state index in [9.17, 15) is 0 Å². The van der Waals surface area contributed by atoms with Crippen LogP contribution in [-0.4, -0.2) is 31.3 Å². The van der Waals surface area contributed by atoms with Crippen LogP contribution in [-0.2, 0) is 16.1 Å². The lowest BCUT2D eigenvalue weighted by Gasteiger charge is -2.40. The van der Waals surface area contributed by atoms with Gasteiger partial charge in [0.1, 0.15) is 11.9 Å². The fourth-order valence-corrected chi connectivity index (χ4v) is 2.43. The largest absolute Gasteiger partial charge is 0.497 e. The van der Waals surface area contributed by atoms with E-state index >= 15 is 0 Å². The Morgan fingerprint density at radius 2 is 1.94 bits per heavy atom. The lowest BCUT2D eigenvalue weighted by atomic mass is 9.91. The van der Waals surface area contributed by atoms with Gasteiger partial charge in [-0.05, 0) is 31.0 Å². The standard InChI is InChI=1S/C14H19ClO3/c1-3-17-14-12(15)8-13(14)18-9-10-4-6-11(16-2)7-5-10/h4-7,12-14H,3,8-9H2,1-2H3. The first-order chi connectivity index (χ1) is 8.74. The Bertz CT molecular complexity index is 366. The van der Waals surface area contributed by atoms with E-state index in [1.54, 1.807) is 7.11 Å². The van der Waals surface area contributed by atoms with Crippen molar-refractivity contribution in [2.45, 2.75) is 37.5 Å². The van der Waals surface area contributed by atoms with Gasteiger partial charge >= 0.3 is 0 Å². The van der Waals surface area contributed by atoms with Crippen molar-refractivity contribution < 1.29 is 14.2 Å². The fraction of sp³-hybridized carbons (Fsp3) is 0.571. The summed E-state index contributed by atoms with van der Waals surface area (Å²) in [5.74, 6) is 0.857. The molecule has 18 heavy (non-hydrogen) atoms. The summed E-state index contributed by atoms with van der Waals surface area (Å²) in [5, 5.41) is 0.0887. The van der Waals surface area contributed by atoms with Crippen LogP contribution < -0.4 is 4.74 Å². The number of methoxy groups -OCH3 is 1. The monoisotopic (exact) mass is 270 g/mol. The second-order valence-corrected chi connectivity index (χ2v) is 4.93. The van der Waals surface area contributed by atoms with Crippen LogP contribution in [0.25, 0.3) is 0 Å². The molecule has 0 radical (unpaired) electrons. The molecule has 1 fully saturated rings. The quantitative estimate of drug-likeness (QED) is 0.744. The summed E-state index contributed by atoms with van der Waals surface area (Å²) in [5.41, 5.74) is 1.13. The molecule has 0 amide bonds. The second-order valence-electron chi connectivity index (χ2n) is 4.37. The predicted molar refractivity (Wildman–Crippen MR) is 71.2 cm³/mol. The van der Waals surface area contributed by atoms with Gasteiger partial charge in [-0.3, -0.25) is 0 Å². The number of hydrogen-bond acceptors (Lipinski definition) is 3. The summed E-state index contributed by atoms with van der Waals surface area (Å²) in [4.78, 5) is 0. The Morgan fingerprint density at radius 1 is 1.22 bits per heavy atom. The molecular formula is C14H19ClO3. The van der Waals surface area contributed by atoms with Gasteiger partial charge in [0.05, 0.1) is 25.2 Å². The molecule has 1 aromatic carbocycles. The zero-order valence-electron chi connectivity index (χ0n) is 10.8. The molecular weight excluding hydrogens is 252 g/mol. The molecule has 1 aliphatic rings. The Balaban J connectivity index is 1.80. The molecule has 0 aromatic heterocycles. The van der Waals surface area contributed by atoms with E-state index in [4.69, 9.17) is 25.8 Å². The summed E-state index contributed by atoms with van der Waals surface area (Å²) in [6.07, 6.45) is 1.02. The maximum absolute atomic E-state index is 6.09. The summed E-state index contributed by atoms with van der Waals surface area (Å²) in [7, 11) is 1.66. The Morgan fingerprint density at radius 3 is 2.50 bits per heavy atom. The van der Waals surface area contributed by atoms with Crippen molar-refractivity contribution in [2.24, 2.45) is 0 Å². The normalized spacial score (nSPS) is 26.7. The minimum absolute atomic E-state index is 0.0370. The van der Waals surface area contributed by atoms with E-state index in [2.05, 4.69) is 0 Å². The number of ether oxygens (including phenoxy) is 3. The molecule has 1 saturated carbocycles.